The molecule has 0 amide bonds. The molecule has 1 aromatic heterocycles. The summed E-state index contributed by atoms with van der Waals surface area (Å²) < 4.78 is 13.9. The van der Waals surface area contributed by atoms with Crippen LogP contribution in [0.15, 0.2) is 54.7 Å². The van der Waals surface area contributed by atoms with Gasteiger partial charge in [0.1, 0.15) is 5.82 Å². The van der Waals surface area contributed by atoms with Gasteiger partial charge in [-0.15, -0.1) is 0 Å². The fourth-order valence-corrected chi connectivity index (χ4v) is 2.44. The van der Waals surface area contributed by atoms with E-state index in [1.165, 1.54) is 6.07 Å². The topological polar surface area (TPSA) is 50.9 Å². The van der Waals surface area contributed by atoms with Crippen LogP contribution < -0.4 is 11.1 Å². The lowest BCUT2D eigenvalue weighted by Gasteiger charge is -2.19. The number of hydrogen-bond acceptors (Lipinski definition) is 3. The zero-order valence-electron chi connectivity index (χ0n) is 11.7. The number of para-hydroxylation sites is 1. The second kappa shape index (κ2) is 5.40. The number of anilines is 2. The molecule has 1 unspecified atom stereocenters. The number of fused-ring (bicyclic) bond motifs is 1. The van der Waals surface area contributed by atoms with Crippen molar-refractivity contribution in [2.45, 2.75) is 13.0 Å². The second-order valence-electron chi connectivity index (χ2n) is 4.99. The Morgan fingerprint density at radius 1 is 1.10 bits per heavy atom. The second-order valence-corrected chi connectivity index (χ2v) is 4.99. The molecule has 0 bridgehead atoms. The third-order valence-electron chi connectivity index (χ3n) is 3.54. The monoisotopic (exact) mass is 281 g/mol. The van der Waals surface area contributed by atoms with Crippen LogP contribution >= 0.6 is 0 Å². The van der Waals surface area contributed by atoms with Crippen LogP contribution in [-0.4, -0.2) is 4.98 Å². The minimum atomic E-state index is -0.227. The van der Waals surface area contributed by atoms with Gasteiger partial charge in [0.05, 0.1) is 29.1 Å². The van der Waals surface area contributed by atoms with Crippen LogP contribution in [0.25, 0.3) is 10.9 Å². The predicted molar refractivity (Wildman–Crippen MR) is 84.6 cm³/mol. The normalized spacial score (nSPS) is 12.3. The average Bonchev–Trinajstić information content (AvgIpc) is 2.50. The van der Waals surface area contributed by atoms with Crippen LogP contribution in [0.5, 0.6) is 0 Å². The highest BCUT2D eigenvalue weighted by molar-refractivity contribution is 5.96. The Labute approximate surface area is 122 Å². The third-order valence-corrected chi connectivity index (χ3v) is 3.54. The Hall–Kier alpha value is -2.62. The number of nitrogens with zero attached hydrogens (tertiary/aromatic N) is 1. The van der Waals surface area contributed by atoms with E-state index in [4.69, 9.17) is 5.73 Å². The summed E-state index contributed by atoms with van der Waals surface area (Å²) in [5.41, 5.74) is 8.84. The van der Waals surface area contributed by atoms with Gasteiger partial charge in [-0.1, -0.05) is 36.4 Å². The van der Waals surface area contributed by atoms with E-state index in [2.05, 4.69) is 10.3 Å². The van der Waals surface area contributed by atoms with Crippen molar-refractivity contribution < 1.29 is 4.39 Å². The zero-order valence-corrected chi connectivity index (χ0v) is 11.7. The van der Waals surface area contributed by atoms with Crippen LogP contribution in [0.4, 0.5) is 15.8 Å². The lowest BCUT2D eigenvalue weighted by atomic mass is 10.1. The third kappa shape index (κ3) is 2.52. The van der Waals surface area contributed by atoms with E-state index in [0.717, 1.165) is 16.6 Å². The average molecular weight is 281 g/mol. The van der Waals surface area contributed by atoms with E-state index in [-0.39, 0.29) is 11.9 Å². The van der Waals surface area contributed by atoms with E-state index in [9.17, 15) is 4.39 Å². The first-order valence-electron chi connectivity index (χ1n) is 6.81. The van der Waals surface area contributed by atoms with Crippen LogP contribution in [0.3, 0.4) is 0 Å². The minimum Gasteiger partial charge on any atom is -0.396 e. The van der Waals surface area contributed by atoms with E-state index < -0.39 is 0 Å². The quantitative estimate of drug-likeness (QED) is 0.759. The van der Waals surface area contributed by atoms with Gasteiger partial charge in [0.15, 0.2) is 0 Å². The highest BCUT2D eigenvalue weighted by Crippen LogP contribution is 2.31. The molecule has 0 radical (unpaired) electrons. The van der Waals surface area contributed by atoms with E-state index in [0.29, 0.717) is 11.3 Å². The lowest BCUT2D eigenvalue weighted by molar-refractivity contribution is 0.600. The van der Waals surface area contributed by atoms with Crippen LogP contribution in [0, 0.1) is 5.82 Å². The Balaban J connectivity index is 2.02. The van der Waals surface area contributed by atoms with Crippen molar-refractivity contribution in [2.24, 2.45) is 0 Å². The molecule has 0 aliphatic rings. The van der Waals surface area contributed by atoms with E-state index in [1.807, 2.05) is 37.3 Å². The maximum absolute atomic E-state index is 13.9. The van der Waals surface area contributed by atoms with Gasteiger partial charge in [-0.05, 0) is 19.1 Å². The Kier molecular flexibility index (Phi) is 3.44. The smallest absolute Gasteiger partial charge is 0.128 e. The summed E-state index contributed by atoms with van der Waals surface area (Å²) in [6, 6.07) is 14.3. The Morgan fingerprint density at radius 2 is 1.81 bits per heavy atom. The van der Waals surface area contributed by atoms with Gasteiger partial charge in [0.2, 0.25) is 0 Å². The van der Waals surface area contributed by atoms with Crippen molar-refractivity contribution in [1.82, 2.24) is 4.98 Å². The van der Waals surface area contributed by atoms with Gasteiger partial charge < -0.3 is 11.1 Å². The molecule has 21 heavy (non-hydrogen) atoms. The SMILES string of the molecule is CC(Nc1c(N)cnc2ccccc12)c1ccccc1F. The summed E-state index contributed by atoms with van der Waals surface area (Å²) in [5.74, 6) is -0.227. The molecule has 0 fully saturated rings. The van der Waals surface area contributed by atoms with Crippen molar-refractivity contribution in [3.8, 4) is 0 Å². The van der Waals surface area contributed by atoms with E-state index >= 15 is 0 Å². The van der Waals surface area contributed by atoms with Crippen molar-refractivity contribution >= 4 is 22.3 Å². The number of nitrogens with one attached hydrogen (secondary N) is 1. The molecule has 3 nitrogen and oxygen atoms in total. The molecular weight excluding hydrogens is 265 g/mol. The van der Waals surface area contributed by atoms with Gasteiger partial charge in [0.25, 0.3) is 0 Å². The van der Waals surface area contributed by atoms with E-state index in [1.54, 1.807) is 18.3 Å². The molecule has 1 heterocycles. The first kappa shape index (κ1) is 13.4. The molecule has 0 spiro atoms. The van der Waals surface area contributed by atoms with Gasteiger partial charge in [-0.2, -0.15) is 0 Å². The van der Waals surface area contributed by atoms with Gasteiger partial charge in [-0.3, -0.25) is 4.98 Å². The molecule has 3 N–H and O–H groups in total. The van der Waals surface area contributed by atoms with Crippen LogP contribution in [-0.2, 0) is 0 Å². The number of nitrogen functional groups attached to an aromatic ring is 1. The first-order chi connectivity index (χ1) is 10.2. The van der Waals surface area contributed by atoms with Crippen molar-refractivity contribution in [3.05, 3.63) is 66.1 Å². The summed E-state index contributed by atoms with van der Waals surface area (Å²) >= 11 is 0. The molecule has 3 aromatic rings. The highest BCUT2D eigenvalue weighted by atomic mass is 19.1. The molecule has 1 atom stereocenters. The first-order valence-corrected chi connectivity index (χ1v) is 6.81. The van der Waals surface area contributed by atoms with Crippen molar-refractivity contribution in [1.29, 1.82) is 0 Å². The molecule has 3 rings (SSSR count). The molecule has 0 saturated heterocycles. The minimum absolute atomic E-state index is 0.195. The van der Waals surface area contributed by atoms with Gasteiger partial charge in [0, 0.05) is 10.9 Å². The number of nitrogens with two attached hydrogens (primary N) is 1. The summed E-state index contributed by atoms with van der Waals surface area (Å²) in [5, 5.41) is 4.24. The fourth-order valence-electron chi connectivity index (χ4n) is 2.44. The number of pyridine rings is 1. The van der Waals surface area contributed by atoms with Crippen LogP contribution in [0.2, 0.25) is 0 Å². The number of hydrogen-bond donors (Lipinski definition) is 2. The van der Waals surface area contributed by atoms with Crippen LogP contribution in [0.1, 0.15) is 18.5 Å². The molecule has 106 valence electrons. The number of benzene rings is 2. The summed E-state index contributed by atoms with van der Waals surface area (Å²) in [4.78, 5) is 4.30. The number of halogens is 1. The number of rotatable bonds is 3. The summed E-state index contributed by atoms with van der Waals surface area (Å²) in [6.45, 7) is 1.91. The maximum atomic E-state index is 13.9. The Morgan fingerprint density at radius 3 is 2.62 bits per heavy atom. The molecule has 4 heteroatoms. The highest BCUT2D eigenvalue weighted by Gasteiger charge is 2.13. The van der Waals surface area contributed by atoms with Crippen molar-refractivity contribution in [2.75, 3.05) is 11.1 Å². The number of aromatic nitrogens is 1. The maximum Gasteiger partial charge on any atom is 0.128 e. The molecule has 0 saturated carbocycles. The van der Waals surface area contributed by atoms with Gasteiger partial charge in [-0.25, -0.2) is 4.39 Å². The summed E-state index contributed by atoms with van der Waals surface area (Å²) in [7, 11) is 0. The molecule has 2 aromatic carbocycles. The molecular formula is C17H16FN3. The molecule has 0 aliphatic heterocycles. The largest absolute Gasteiger partial charge is 0.396 e. The fraction of sp³-hybridized carbons (Fsp3) is 0.118. The predicted octanol–water partition coefficient (Wildman–Crippen LogP) is 4.13. The standard InChI is InChI=1S/C17H16FN3/c1-11(12-6-2-4-8-14(12)18)21-17-13-7-3-5-9-16(13)20-10-15(17)19/h2-11H,19H2,1H3,(H,20,21). The zero-order chi connectivity index (χ0) is 14.8. The van der Waals surface area contributed by atoms with Gasteiger partial charge >= 0.3 is 0 Å². The Bertz CT molecular complexity index is 786. The van der Waals surface area contributed by atoms with Crippen molar-refractivity contribution in [3.63, 3.8) is 0 Å². The lowest BCUT2D eigenvalue weighted by Crippen LogP contribution is -2.10. The summed E-state index contributed by atoms with van der Waals surface area (Å²) in [6.07, 6.45) is 1.62. The molecule has 0 aliphatic carbocycles.